The molecule has 0 aromatic carbocycles. The van der Waals surface area contributed by atoms with Gasteiger partial charge in [0.2, 0.25) is 0 Å². The zero-order valence-electron chi connectivity index (χ0n) is 20.6. The summed E-state index contributed by atoms with van der Waals surface area (Å²) in [6.07, 6.45) is 6.35. The molecule has 0 saturated carbocycles. The Bertz CT molecular complexity index is 1200. The highest BCUT2D eigenvalue weighted by molar-refractivity contribution is 5.95. The van der Waals surface area contributed by atoms with Crippen molar-refractivity contribution in [1.29, 1.82) is 0 Å². The lowest BCUT2D eigenvalue weighted by Gasteiger charge is -2.24. The highest BCUT2D eigenvalue weighted by Crippen LogP contribution is 2.44. The van der Waals surface area contributed by atoms with Gasteiger partial charge in [-0.05, 0) is 33.3 Å². The van der Waals surface area contributed by atoms with Crippen LogP contribution in [0.2, 0.25) is 0 Å². The predicted octanol–water partition coefficient (Wildman–Crippen LogP) is 2.62. The molecule has 0 bridgehead atoms. The SMILES string of the molecule is C=C/C(=C\C=C/C)CNc1ncnc2c1ncn2[C@@H]1O[C@H](C(=O)NC(=O)OCC)[C@H]2OC(C)(C)O[C@H]21. The molecule has 2 aromatic rings. The standard InChI is InChI=1S/C24H30N6O6/c1-6-9-10-14(7-2)11-25-19-15-20(27-12-26-19)30(13-28-15)22-18-16(35-24(4,5)36-18)17(34-22)21(31)29-23(32)33-8-3/h6-7,9-10,12-13,16-18,22H,2,8,11H2,1,3-5H3,(H,25,26,27)(H,29,31,32)/b9-6-,14-10+/t16-,17+,18-,22-/m1/s1. The van der Waals surface area contributed by atoms with E-state index in [9.17, 15) is 9.59 Å². The molecule has 4 rings (SSSR count). The number of amides is 2. The van der Waals surface area contributed by atoms with Crippen molar-refractivity contribution >= 4 is 29.0 Å². The van der Waals surface area contributed by atoms with Gasteiger partial charge in [-0.25, -0.2) is 19.7 Å². The lowest BCUT2D eigenvalue weighted by Crippen LogP contribution is -2.45. The Kier molecular flexibility index (Phi) is 7.48. The number of allylic oxidation sites excluding steroid dienone is 3. The van der Waals surface area contributed by atoms with E-state index in [1.807, 2.05) is 25.2 Å². The van der Waals surface area contributed by atoms with Gasteiger partial charge in [0.05, 0.1) is 12.9 Å². The molecule has 2 saturated heterocycles. The quantitative estimate of drug-likeness (QED) is 0.522. The summed E-state index contributed by atoms with van der Waals surface area (Å²) in [4.78, 5) is 37.8. The van der Waals surface area contributed by atoms with Crippen LogP contribution in [-0.2, 0) is 23.7 Å². The minimum atomic E-state index is -1.12. The molecule has 2 fully saturated rings. The number of imide groups is 1. The van der Waals surface area contributed by atoms with Gasteiger partial charge in [0.25, 0.3) is 5.91 Å². The average molecular weight is 499 g/mol. The number of ether oxygens (including phenoxy) is 4. The Balaban J connectivity index is 1.60. The number of rotatable bonds is 8. The maximum Gasteiger partial charge on any atom is 0.413 e. The molecule has 2 aliphatic rings. The van der Waals surface area contributed by atoms with E-state index in [0.717, 1.165) is 5.57 Å². The summed E-state index contributed by atoms with van der Waals surface area (Å²) in [6.45, 7) is 11.5. The van der Waals surface area contributed by atoms with Crippen molar-refractivity contribution in [3.8, 4) is 0 Å². The van der Waals surface area contributed by atoms with E-state index in [-0.39, 0.29) is 6.61 Å². The minimum Gasteiger partial charge on any atom is -0.450 e. The largest absolute Gasteiger partial charge is 0.450 e. The topological polar surface area (TPSA) is 139 Å². The number of anilines is 1. The summed E-state index contributed by atoms with van der Waals surface area (Å²) >= 11 is 0. The van der Waals surface area contributed by atoms with Gasteiger partial charge in [0, 0.05) is 6.54 Å². The molecule has 12 nitrogen and oxygen atoms in total. The third kappa shape index (κ3) is 5.15. The molecular weight excluding hydrogens is 468 g/mol. The minimum absolute atomic E-state index is 0.127. The molecule has 0 unspecified atom stereocenters. The fraction of sp³-hybridized carbons (Fsp3) is 0.458. The van der Waals surface area contributed by atoms with Gasteiger partial charge in [-0.15, -0.1) is 0 Å². The number of fused-ring (bicyclic) bond motifs is 2. The van der Waals surface area contributed by atoms with E-state index in [0.29, 0.717) is 23.5 Å². The highest BCUT2D eigenvalue weighted by Gasteiger charge is 2.58. The summed E-state index contributed by atoms with van der Waals surface area (Å²) in [7, 11) is 0. The van der Waals surface area contributed by atoms with Crippen molar-refractivity contribution in [2.75, 3.05) is 18.5 Å². The number of hydrogen-bond donors (Lipinski definition) is 2. The number of carbonyl (C=O) groups excluding carboxylic acids is 2. The van der Waals surface area contributed by atoms with E-state index in [1.54, 1.807) is 37.7 Å². The Morgan fingerprint density at radius 3 is 2.75 bits per heavy atom. The predicted molar refractivity (Wildman–Crippen MR) is 130 cm³/mol. The molecule has 2 amide bonds. The molecule has 12 heteroatoms. The van der Waals surface area contributed by atoms with Gasteiger partial charge in [0.1, 0.15) is 18.5 Å². The van der Waals surface area contributed by atoms with Crippen molar-refractivity contribution in [1.82, 2.24) is 24.8 Å². The van der Waals surface area contributed by atoms with Gasteiger partial charge in [-0.1, -0.05) is 30.9 Å². The van der Waals surface area contributed by atoms with Crippen LogP contribution in [-0.4, -0.2) is 68.8 Å². The zero-order valence-corrected chi connectivity index (χ0v) is 20.6. The van der Waals surface area contributed by atoms with Crippen LogP contribution in [0, 0.1) is 0 Å². The summed E-state index contributed by atoms with van der Waals surface area (Å²) < 4.78 is 24.6. The maximum absolute atomic E-state index is 12.8. The van der Waals surface area contributed by atoms with Crippen molar-refractivity contribution < 1.29 is 28.5 Å². The normalized spacial score (nSPS) is 25.2. The van der Waals surface area contributed by atoms with Crippen LogP contribution in [0.1, 0.15) is 33.9 Å². The van der Waals surface area contributed by atoms with E-state index in [1.165, 1.54) is 6.33 Å². The highest BCUT2D eigenvalue weighted by atomic mass is 16.8. The van der Waals surface area contributed by atoms with Crippen LogP contribution in [0.5, 0.6) is 0 Å². The van der Waals surface area contributed by atoms with Crippen LogP contribution in [0.4, 0.5) is 10.6 Å². The molecule has 0 spiro atoms. The van der Waals surface area contributed by atoms with Crippen LogP contribution in [0.25, 0.3) is 11.2 Å². The van der Waals surface area contributed by atoms with Crippen molar-refractivity contribution in [3.05, 3.63) is 49.1 Å². The Morgan fingerprint density at radius 1 is 1.25 bits per heavy atom. The molecule has 36 heavy (non-hydrogen) atoms. The van der Waals surface area contributed by atoms with Crippen LogP contribution >= 0.6 is 0 Å². The fourth-order valence-electron chi connectivity index (χ4n) is 4.12. The number of nitrogens with one attached hydrogen (secondary N) is 2. The van der Waals surface area contributed by atoms with E-state index >= 15 is 0 Å². The summed E-state index contributed by atoms with van der Waals surface area (Å²) in [5.41, 5.74) is 1.97. The summed E-state index contributed by atoms with van der Waals surface area (Å²) in [5, 5.41) is 5.44. The van der Waals surface area contributed by atoms with Gasteiger partial charge in [-0.2, -0.15) is 0 Å². The zero-order chi connectivity index (χ0) is 25.9. The Morgan fingerprint density at radius 2 is 2.03 bits per heavy atom. The summed E-state index contributed by atoms with van der Waals surface area (Å²) in [5.74, 6) is -1.11. The van der Waals surface area contributed by atoms with Crippen molar-refractivity contribution in [3.63, 3.8) is 0 Å². The molecule has 2 N–H and O–H groups in total. The number of hydrogen-bond acceptors (Lipinski definition) is 10. The van der Waals surface area contributed by atoms with E-state index < -0.39 is 42.3 Å². The fourth-order valence-corrected chi connectivity index (χ4v) is 4.12. The number of alkyl carbamates (subject to hydrolysis) is 1. The third-order valence-corrected chi connectivity index (χ3v) is 5.65. The second kappa shape index (κ2) is 10.6. The monoisotopic (exact) mass is 498 g/mol. The molecular formula is C24H30N6O6. The first-order valence-electron chi connectivity index (χ1n) is 11.6. The molecule has 4 atom stereocenters. The lowest BCUT2D eigenvalue weighted by molar-refractivity contribution is -0.197. The Hall–Kier alpha value is -3.61. The maximum atomic E-state index is 12.8. The molecule has 2 aliphatic heterocycles. The van der Waals surface area contributed by atoms with Crippen LogP contribution < -0.4 is 10.6 Å². The first-order valence-corrected chi connectivity index (χ1v) is 11.6. The Labute approximate surface area is 208 Å². The second-order valence-electron chi connectivity index (χ2n) is 8.59. The number of nitrogens with zero attached hydrogens (tertiary/aromatic N) is 4. The van der Waals surface area contributed by atoms with Gasteiger partial charge in [-0.3, -0.25) is 14.7 Å². The van der Waals surface area contributed by atoms with Gasteiger partial charge >= 0.3 is 6.09 Å². The lowest BCUT2D eigenvalue weighted by atomic mass is 10.1. The number of aromatic nitrogens is 4. The van der Waals surface area contributed by atoms with Crippen LogP contribution in [0.15, 0.2) is 49.1 Å². The second-order valence-corrected chi connectivity index (χ2v) is 8.59. The third-order valence-electron chi connectivity index (χ3n) is 5.65. The van der Waals surface area contributed by atoms with E-state index in [4.69, 9.17) is 18.9 Å². The number of carbonyl (C=O) groups is 2. The molecule has 0 radical (unpaired) electrons. The van der Waals surface area contributed by atoms with Gasteiger partial charge < -0.3 is 24.3 Å². The first kappa shape index (κ1) is 25.5. The van der Waals surface area contributed by atoms with Gasteiger partial charge in [0.15, 0.2) is 35.1 Å². The van der Waals surface area contributed by atoms with Crippen molar-refractivity contribution in [2.24, 2.45) is 0 Å². The smallest absolute Gasteiger partial charge is 0.413 e. The van der Waals surface area contributed by atoms with Crippen LogP contribution in [0.3, 0.4) is 0 Å². The molecule has 0 aliphatic carbocycles. The first-order chi connectivity index (χ1) is 17.3. The van der Waals surface area contributed by atoms with Crippen molar-refractivity contribution in [2.45, 2.75) is 58.0 Å². The average Bonchev–Trinajstić information content (AvgIpc) is 3.50. The molecule has 2 aromatic heterocycles. The van der Waals surface area contributed by atoms with E-state index in [2.05, 4.69) is 32.2 Å². The molecule has 192 valence electrons. The number of imidazole rings is 1. The molecule has 4 heterocycles. The summed E-state index contributed by atoms with van der Waals surface area (Å²) in [6, 6.07) is 0.